The van der Waals surface area contributed by atoms with Gasteiger partial charge in [-0.1, -0.05) is 60.7 Å². The lowest BCUT2D eigenvalue weighted by Gasteiger charge is -2.16. The van der Waals surface area contributed by atoms with E-state index in [0.717, 1.165) is 11.1 Å². The number of rotatable bonds is 5. The van der Waals surface area contributed by atoms with E-state index >= 15 is 0 Å². The summed E-state index contributed by atoms with van der Waals surface area (Å²) in [5.74, 6) is -0.277. The molecule has 0 spiro atoms. The van der Waals surface area contributed by atoms with Gasteiger partial charge in [-0.25, -0.2) is 0 Å². The van der Waals surface area contributed by atoms with Gasteiger partial charge in [0.15, 0.2) is 0 Å². The lowest BCUT2D eigenvalue weighted by molar-refractivity contribution is 0.0917. The summed E-state index contributed by atoms with van der Waals surface area (Å²) in [6.07, 6.45) is 1.50. The molecule has 5 nitrogen and oxygen atoms in total. The van der Waals surface area contributed by atoms with Gasteiger partial charge < -0.3 is 10.4 Å². The molecule has 116 valence electrons. The number of aliphatic hydroxyl groups is 1. The van der Waals surface area contributed by atoms with Crippen LogP contribution in [0.5, 0.6) is 0 Å². The third-order valence-corrected chi connectivity index (χ3v) is 3.64. The van der Waals surface area contributed by atoms with Crippen molar-refractivity contribution < 1.29 is 9.90 Å². The molecule has 1 heterocycles. The summed E-state index contributed by atoms with van der Waals surface area (Å²) < 4.78 is 0. The van der Waals surface area contributed by atoms with E-state index in [4.69, 9.17) is 0 Å². The highest BCUT2D eigenvalue weighted by Crippen LogP contribution is 2.21. The van der Waals surface area contributed by atoms with Crippen LogP contribution in [0.25, 0.3) is 11.3 Å². The fourth-order valence-electron chi connectivity index (χ4n) is 2.44. The molecule has 1 atom stereocenters. The van der Waals surface area contributed by atoms with Crippen molar-refractivity contribution in [1.29, 1.82) is 0 Å². The van der Waals surface area contributed by atoms with Crippen LogP contribution in [0.4, 0.5) is 0 Å². The van der Waals surface area contributed by atoms with Gasteiger partial charge in [-0.2, -0.15) is 5.10 Å². The topological polar surface area (TPSA) is 78.0 Å². The van der Waals surface area contributed by atoms with Crippen molar-refractivity contribution in [2.24, 2.45) is 0 Å². The zero-order chi connectivity index (χ0) is 16.1. The second-order valence-corrected chi connectivity index (χ2v) is 5.14. The van der Waals surface area contributed by atoms with E-state index < -0.39 is 6.04 Å². The summed E-state index contributed by atoms with van der Waals surface area (Å²) in [7, 11) is 0. The zero-order valence-electron chi connectivity index (χ0n) is 12.4. The average Bonchev–Trinajstić information content (AvgIpc) is 3.11. The van der Waals surface area contributed by atoms with E-state index in [1.807, 2.05) is 60.7 Å². The van der Waals surface area contributed by atoms with Crippen molar-refractivity contribution in [3.05, 3.63) is 78.0 Å². The highest BCUT2D eigenvalue weighted by atomic mass is 16.3. The maximum atomic E-state index is 12.6. The molecule has 0 unspecified atom stereocenters. The Morgan fingerprint density at radius 2 is 1.74 bits per heavy atom. The Balaban J connectivity index is 1.83. The summed E-state index contributed by atoms with van der Waals surface area (Å²) in [4.78, 5) is 12.6. The molecule has 3 aromatic rings. The van der Waals surface area contributed by atoms with E-state index in [0.29, 0.717) is 11.3 Å². The van der Waals surface area contributed by atoms with Crippen molar-refractivity contribution in [2.45, 2.75) is 6.04 Å². The first-order valence-electron chi connectivity index (χ1n) is 7.35. The number of hydrogen-bond donors (Lipinski definition) is 3. The lowest BCUT2D eigenvalue weighted by Crippen LogP contribution is -2.30. The number of nitrogens with zero attached hydrogens (tertiary/aromatic N) is 1. The van der Waals surface area contributed by atoms with E-state index in [1.54, 1.807) is 0 Å². The minimum atomic E-state index is -0.456. The fraction of sp³-hybridized carbons (Fsp3) is 0.111. The quantitative estimate of drug-likeness (QED) is 0.678. The molecule has 0 radical (unpaired) electrons. The third kappa shape index (κ3) is 3.30. The van der Waals surface area contributed by atoms with Crippen LogP contribution >= 0.6 is 0 Å². The maximum Gasteiger partial charge on any atom is 0.255 e. The van der Waals surface area contributed by atoms with E-state index in [2.05, 4.69) is 15.5 Å². The number of H-pyrrole nitrogens is 1. The van der Waals surface area contributed by atoms with Gasteiger partial charge in [0, 0.05) is 5.56 Å². The second-order valence-electron chi connectivity index (χ2n) is 5.14. The Hall–Kier alpha value is -2.92. The number of carbonyl (C=O) groups excluding carboxylic acids is 1. The first-order chi connectivity index (χ1) is 11.3. The second kappa shape index (κ2) is 6.89. The van der Waals surface area contributed by atoms with Crippen LogP contribution in [-0.2, 0) is 0 Å². The predicted molar refractivity (Wildman–Crippen MR) is 87.8 cm³/mol. The first-order valence-corrected chi connectivity index (χ1v) is 7.35. The smallest absolute Gasteiger partial charge is 0.255 e. The predicted octanol–water partition coefficient (Wildman–Crippen LogP) is 2.54. The minimum Gasteiger partial charge on any atom is -0.394 e. The van der Waals surface area contributed by atoms with Crippen LogP contribution in [0.1, 0.15) is 22.0 Å². The van der Waals surface area contributed by atoms with Gasteiger partial charge in [0.2, 0.25) is 0 Å². The maximum absolute atomic E-state index is 12.6. The van der Waals surface area contributed by atoms with Crippen molar-refractivity contribution >= 4 is 5.91 Å². The standard InChI is InChI=1S/C18H17N3O2/c22-12-16(13-7-3-1-4-8-13)20-18(23)15-11-19-21-17(15)14-9-5-2-6-10-14/h1-11,16,22H,12H2,(H,19,21)(H,20,23)/t16-/m1/s1. The Morgan fingerprint density at radius 1 is 1.09 bits per heavy atom. The normalized spacial score (nSPS) is 11.9. The molecule has 0 fully saturated rings. The number of benzene rings is 2. The SMILES string of the molecule is O=C(N[C@H](CO)c1ccccc1)c1cn[nH]c1-c1ccccc1. The molecule has 0 saturated heterocycles. The molecule has 2 aromatic carbocycles. The molecule has 1 aromatic heterocycles. The number of aromatic amines is 1. The van der Waals surface area contributed by atoms with E-state index in [1.165, 1.54) is 6.20 Å². The van der Waals surface area contributed by atoms with Crippen molar-refractivity contribution in [3.8, 4) is 11.3 Å². The number of aliphatic hydroxyl groups excluding tert-OH is 1. The number of aromatic nitrogens is 2. The Kier molecular flexibility index (Phi) is 4.49. The summed E-state index contributed by atoms with van der Waals surface area (Å²) >= 11 is 0. The Labute approximate surface area is 134 Å². The van der Waals surface area contributed by atoms with E-state index in [9.17, 15) is 9.90 Å². The van der Waals surface area contributed by atoms with Gasteiger partial charge in [0.25, 0.3) is 5.91 Å². The summed E-state index contributed by atoms with van der Waals surface area (Å²) in [5, 5.41) is 19.3. The van der Waals surface area contributed by atoms with Crippen LogP contribution in [0.2, 0.25) is 0 Å². The molecule has 0 saturated carbocycles. The summed E-state index contributed by atoms with van der Waals surface area (Å²) in [6.45, 7) is -0.172. The number of hydrogen-bond acceptors (Lipinski definition) is 3. The first kappa shape index (κ1) is 15.0. The van der Waals surface area contributed by atoms with Gasteiger partial charge in [-0.05, 0) is 5.56 Å². The average molecular weight is 307 g/mol. The largest absolute Gasteiger partial charge is 0.394 e. The van der Waals surface area contributed by atoms with Crippen molar-refractivity contribution in [1.82, 2.24) is 15.5 Å². The Bertz CT molecular complexity index is 769. The van der Waals surface area contributed by atoms with Crippen LogP contribution in [-0.4, -0.2) is 27.8 Å². The molecule has 0 aliphatic heterocycles. The molecular weight excluding hydrogens is 290 g/mol. The van der Waals surface area contributed by atoms with Gasteiger partial charge >= 0.3 is 0 Å². The van der Waals surface area contributed by atoms with Gasteiger partial charge in [0.05, 0.1) is 30.1 Å². The molecule has 23 heavy (non-hydrogen) atoms. The van der Waals surface area contributed by atoms with Crippen LogP contribution in [0.3, 0.4) is 0 Å². The molecule has 3 N–H and O–H groups in total. The van der Waals surface area contributed by atoms with Crippen molar-refractivity contribution in [3.63, 3.8) is 0 Å². The summed E-state index contributed by atoms with van der Waals surface area (Å²) in [5.41, 5.74) is 2.85. The number of nitrogens with one attached hydrogen (secondary N) is 2. The van der Waals surface area contributed by atoms with Gasteiger partial charge in [0.1, 0.15) is 0 Å². The molecular formula is C18H17N3O2. The third-order valence-electron chi connectivity index (χ3n) is 3.64. The zero-order valence-corrected chi connectivity index (χ0v) is 12.4. The monoisotopic (exact) mass is 307 g/mol. The van der Waals surface area contributed by atoms with Crippen LogP contribution in [0, 0.1) is 0 Å². The van der Waals surface area contributed by atoms with E-state index in [-0.39, 0.29) is 12.5 Å². The molecule has 0 aliphatic carbocycles. The van der Waals surface area contributed by atoms with Gasteiger partial charge in [-0.3, -0.25) is 9.89 Å². The number of carbonyl (C=O) groups is 1. The molecule has 0 bridgehead atoms. The fourth-order valence-corrected chi connectivity index (χ4v) is 2.44. The molecule has 3 rings (SSSR count). The minimum absolute atomic E-state index is 0.172. The molecule has 0 aliphatic rings. The van der Waals surface area contributed by atoms with Crippen molar-refractivity contribution in [2.75, 3.05) is 6.61 Å². The molecule has 5 heteroatoms. The Morgan fingerprint density at radius 3 is 2.39 bits per heavy atom. The molecule has 1 amide bonds. The number of amides is 1. The highest BCUT2D eigenvalue weighted by Gasteiger charge is 2.19. The highest BCUT2D eigenvalue weighted by molar-refractivity contribution is 5.99. The van der Waals surface area contributed by atoms with Gasteiger partial charge in [-0.15, -0.1) is 0 Å². The summed E-state index contributed by atoms with van der Waals surface area (Å²) in [6, 6.07) is 18.5. The lowest BCUT2D eigenvalue weighted by atomic mass is 10.1. The van der Waals surface area contributed by atoms with Crippen LogP contribution in [0.15, 0.2) is 66.9 Å². The van der Waals surface area contributed by atoms with Crippen LogP contribution < -0.4 is 5.32 Å².